The number of rotatable bonds is 6. The van der Waals surface area contributed by atoms with Gasteiger partial charge in [0, 0.05) is 25.3 Å². The van der Waals surface area contributed by atoms with E-state index < -0.39 is 0 Å². The summed E-state index contributed by atoms with van der Waals surface area (Å²) < 4.78 is 2.13. The molecular formula is C12H21N3. The summed E-state index contributed by atoms with van der Waals surface area (Å²) in [5.41, 5.74) is 1.32. The van der Waals surface area contributed by atoms with E-state index in [1.54, 1.807) is 0 Å². The van der Waals surface area contributed by atoms with Crippen LogP contribution in [0.15, 0.2) is 12.3 Å². The van der Waals surface area contributed by atoms with E-state index in [-0.39, 0.29) is 0 Å². The average molecular weight is 207 g/mol. The van der Waals surface area contributed by atoms with Gasteiger partial charge in [-0.25, -0.2) is 0 Å². The molecule has 1 aromatic heterocycles. The van der Waals surface area contributed by atoms with Gasteiger partial charge in [0.25, 0.3) is 0 Å². The third-order valence-corrected chi connectivity index (χ3v) is 2.87. The lowest BCUT2D eigenvalue weighted by Crippen LogP contribution is -2.19. The van der Waals surface area contributed by atoms with E-state index in [0.717, 1.165) is 25.0 Å². The molecule has 1 heterocycles. The molecule has 0 spiro atoms. The van der Waals surface area contributed by atoms with Crippen molar-refractivity contribution in [1.29, 1.82) is 0 Å². The molecule has 0 amide bonds. The van der Waals surface area contributed by atoms with E-state index in [0.29, 0.717) is 0 Å². The normalized spacial score (nSPS) is 16.2. The number of nitrogens with zero attached hydrogens (tertiary/aromatic N) is 2. The Morgan fingerprint density at radius 1 is 1.53 bits per heavy atom. The number of aryl methyl sites for hydroxylation is 1. The molecule has 0 atom stereocenters. The van der Waals surface area contributed by atoms with E-state index in [2.05, 4.69) is 35.0 Å². The SMILES string of the molecule is CC(C)CCn1nccc1CNC1CC1. The van der Waals surface area contributed by atoms with Crippen LogP contribution in [0, 0.1) is 5.92 Å². The minimum atomic E-state index is 0.749. The summed E-state index contributed by atoms with van der Waals surface area (Å²) in [5.74, 6) is 0.749. The second kappa shape index (κ2) is 4.79. The Balaban J connectivity index is 1.83. The van der Waals surface area contributed by atoms with Crippen molar-refractivity contribution in [3.05, 3.63) is 18.0 Å². The van der Waals surface area contributed by atoms with Crippen LogP contribution in [-0.2, 0) is 13.1 Å². The highest BCUT2D eigenvalue weighted by Gasteiger charge is 2.20. The largest absolute Gasteiger partial charge is 0.308 e. The molecule has 0 unspecified atom stereocenters. The number of aromatic nitrogens is 2. The molecule has 1 aromatic rings. The summed E-state index contributed by atoms with van der Waals surface area (Å²) in [6, 6.07) is 2.90. The maximum Gasteiger partial charge on any atom is 0.0522 e. The topological polar surface area (TPSA) is 29.9 Å². The molecule has 1 aliphatic rings. The van der Waals surface area contributed by atoms with Crippen molar-refractivity contribution < 1.29 is 0 Å². The predicted octanol–water partition coefficient (Wildman–Crippen LogP) is 2.18. The van der Waals surface area contributed by atoms with E-state index in [9.17, 15) is 0 Å². The monoisotopic (exact) mass is 207 g/mol. The number of hydrogen-bond donors (Lipinski definition) is 1. The molecule has 1 fully saturated rings. The molecule has 3 nitrogen and oxygen atoms in total. The predicted molar refractivity (Wildman–Crippen MR) is 61.5 cm³/mol. The van der Waals surface area contributed by atoms with E-state index >= 15 is 0 Å². The van der Waals surface area contributed by atoms with Gasteiger partial charge < -0.3 is 5.32 Å². The van der Waals surface area contributed by atoms with Crippen molar-refractivity contribution in [2.75, 3.05) is 0 Å². The van der Waals surface area contributed by atoms with Crippen LogP contribution in [0.25, 0.3) is 0 Å². The van der Waals surface area contributed by atoms with Gasteiger partial charge in [-0.1, -0.05) is 13.8 Å². The fourth-order valence-corrected chi connectivity index (χ4v) is 1.63. The lowest BCUT2D eigenvalue weighted by Gasteiger charge is -2.09. The van der Waals surface area contributed by atoms with Crippen LogP contribution < -0.4 is 5.32 Å². The summed E-state index contributed by atoms with van der Waals surface area (Å²) in [5, 5.41) is 7.89. The molecular weight excluding hydrogens is 186 g/mol. The Labute approximate surface area is 91.9 Å². The molecule has 2 rings (SSSR count). The van der Waals surface area contributed by atoms with Gasteiger partial charge in [0.1, 0.15) is 0 Å². The summed E-state index contributed by atoms with van der Waals surface area (Å²) in [6.07, 6.45) is 5.81. The third-order valence-electron chi connectivity index (χ3n) is 2.87. The Kier molecular flexibility index (Phi) is 3.41. The van der Waals surface area contributed by atoms with Crippen LogP contribution in [0.4, 0.5) is 0 Å². The Morgan fingerprint density at radius 2 is 2.33 bits per heavy atom. The van der Waals surface area contributed by atoms with Gasteiger partial charge in [0.2, 0.25) is 0 Å². The number of nitrogens with one attached hydrogen (secondary N) is 1. The highest BCUT2D eigenvalue weighted by molar-refractivity contribution is 5.01. The van der Waals surface area contributed by atoms with Crippen molar-refractivity contribution in [3.8, 4) is 0 Å². The molecule has 15 heavy (non-hydrogen) atoms. The molecule has 1 N–H and O–H groups in total. The van der Waals surface area contributed by atoms with Gasteiger partial charge in [-0.2, -0.15) is 5.10 Å². The van der Waals surface area contributed by atoms with Crippen LogP contribution in [0.5, 0.6) is 0 Å². The molecule has 1 aliphatic carbocycles. The molecule has 0 aliphatic heterocycles. The van der Waals surface area contributed by atoms with Crippen LogP contribution in [-0.4, -0.2) is 15.8 Å². The smallest absolute Gasteiger partial charge is 0.0522 e. The van der Waals surface area contributed by atoms with Gasteiger partial charge >= 0.3 is 0 Å². The Hall–Kier alpha value is -0.830. The van der Waals surface area contributed by atoms with Crippen molar-refractivity contribution in [2.45, 2.75) is 52.2 Å². The molecule has 0 saturated heterocycles. The van der Waals surface area contributed by atoms with Crippen molar-refractivity contribution >= 4 is 0 Å². The zero-order chi connectivity index (χ0) is 10.7. The first-order valence-electron chi connectivity index (χ1n) is 6.00. The van der Waals surface area contributed by atoms with Crippen molar-refractivity contribution in [1.82, 2.24) is 15.1 Å². The van der Waals surface area contributed by atoms with Crippen LogP contribution >= 0.6 is 0 Å². The standard InChI is InChI=1S/C12H21N3/c1-10(2)6-8-15-12(5-7-14-15)9-13-11-3-4-11/h5,7,10-11,13H,3-4,6,8-9H2,1-2H3. The lowest BCUT2D eigenvalue weighted by atomic mass is 10.1. The minimum Gasteiger partial charge on any atom is -0.308 e. The Morgan fingerprint density at radius 3 is 3.00 bits per heavy atom. The van der Waals surface area contributed by atoms with Crippen LogP contribution in [0.3, 0.4) is 0 Å². The molecule has 1 saturated carbocycles. The zero-order valence-electron chi connectivity index (χ0n) is 9.74. The molecule has 3 heteroatoms. The fourth-order valence-electron chi connectivity index (χ4n) is 1.63. The first kappa shape index (κ1) is 10.7. The minimum absolute atomic E-state index is 0.749. The first-order chi connectivity index (χ1) is 7.25. The molecule has 0 bridgehead atoms. The summed E-state index contributed by atoms with van der Waals surface area (Å²) >= 11 is 0. The summed E-state index contributed by atoms with van der Waals surface area (Å²) in [4.78, 5) is 0. The molecule has 0 aromatic carbocycles. The van der Waals surface area contributed by atoms with Gasteiger partial charge in [-0.15, -0.1) is 0 Å². The highest BCUT2D eigenvalue weighted by Crippen LogP contribution is 2.19. The van der Waals surface area contributed by atoms with Gasteiger partial charge in [-0.3, -0.25) is 4.68 Å². The quantitative estimate of drug-likeness (QED) is 0.775. The van der Waals surface area contributed by atoms with Gasteiger partial charge in [-0.05, 0) is 31.2 Å². The lowest BCUT2D eigenvalue weighted by molar-refractivity contribution is 0.468. The molecule has 84 valence electrons. The second-order valence-corrected chi connectivity index (χ2v) is 4.88. The van der Waals surface area contributed by atoms with Gasteiger partial charge in [0.05, 0.1) is 5.69 Å². The maximum absolute atomic E-state index is 4.36. The van der Waals surface area contributed by atoms with Crippen LogP contribution in [0.1, 0.15) is 38.8 Å². The summed E-state index contributed by atoms with van der Waals surface area (Å²) in [6.45, 7) is 6.53. The molecule has 0 radical (unpaired) electrons. The zero-order valence-corrected chi connectivity index (χ0v) is 9.74. The van der Waals surface area contributed by atoms with E-state index in [1.165, 1.54) is 25.0 Å². The van der Waals surface area contributed by atoms with Gasteiger partial charge in [0.15, 0.2) is 0 Å². The van der Waals surface area contributed by atoms with Crippen LogP contribution in [0.2, 0.25) is 0 Å². The van der Waals surface area contributed by atoms with Crippen molar-refractivity contribution in [3.63, 3.8) is 0 Å². The third kappa shape index (κ3) is 3.34. The number of hydrogen-bond acceptors (Lipinski definition) is 2. The maximum atomic E-state index is 4.36. The van der Waals surface area contributed by atoms with Crippen molar-refractivity contribution in [2.24, 2.45) is 5.92 Å². The average Bonchev–Trinajstić information content (AvgIpc) is 2.92. The summed E-state index contributed by atoms with van der Waals surface area (Å²) in [7, 11) is 0. The Bertz CT molecular complexity index is 279. The first-order valence-corrected chi connectivity index (χ1v) is 6.00. The highest BCUT2D eigenvalue weighted by atomic mass is 15.3. The second-order valence-electron chi connectivity index (χ2n) is 4.88. The fraction of sp³-hybridized carbons (Fsp3) is 0.750. The van der Waals surface area contributed by atoms with E-state index in [1.807, 2.05) is 6.20 Å². The van der Waals surface area contributed by atoms with E-state index in [4.69, 9.17) is 0 Å².